The number of amides is 1. The summed E-state index contributed by atoms with van der Waals surface area (Å²) in [5, 5.41) is 3.93. The number of benzene rings is 3. The van der Waals surface area contributed by atoms with Crippen molar-refractivity contribution in [3.8, 4) is 11.5 Å². The highest BCUT2D eigenvalue weighted by molar-refractivity contribution is 9.10. The van der Waals surface area contributed by atoms with Gasteiger partial charge in [-0.15, -0.1) is 0 Å². The van der Waals surface area contributed by atoms with Gasteiger partial charge in [0.05, 0.1) is 11.8 Å². The molecule has 0 aliphatic rings. The zero-order chi connectivity index (χ0) is 22.2. The van der Waals surface area contributed by atoms with Crippen molar-refractivity contribution in [1.82, 2.24) is 5.43 Å². The van der Waals surface area contributed by atoms with Gasteiger partial charge in [0, 0.05) is 4.47 Å². The Morgan fingerprint density at radius 1 is 1.03 bits per heavy atom. The number of nitrogens with zero attached hydrogens (tertiary/aromatic N) is 1. The second kappa shape index (κ2) is 10.5. The quantitative estimate of drug-likeness (QED) is 0.227. The Balaban J connectivity index is 1.54. The van der Waals surface area contributed by atoms with E-state index in [1.54, 1.807) is 42.5 Å². The number of hydrazone groups is 1. The highest BCUT2D eigenvalue weighted by atomic mass is 79.9. The van der Waals surface area contributed by atoms with Crippen LogP contribution in [0.15, 0.2) is 76.3 Å². The van der Waals surface area contributed by atoms with Crippen molar-refractivity contribution in [2.45, 2.75) is 13.8 Å². The molecule has 0 heterocycles. The highest BCUT2D eigenvalue weighted by Gasteiger charge is 2.12. The summed E-state index contributed by atoms with van der Waals surface area (Å²) < 4.78 is 11.6. The van der Waals surface area contributed by atoms with Crippen LogP contribution in [0.5, 0.6) is 11.5 Å². The van der Waals surface area contributed by atoms with E-state index < -0.39 is 5.97 Å². The average molecular weight is 481 g/mol. The van der Waals surface area contributed by atoms with E-state index in [2.05, 4.69) is 26.5 Å². The number of esters is 1. The van der Waals surface area contributed by atoms with E-state index in [-0.39, 0.29) is 12.5 Å². The first kappa shape index (κ1) is 22.2. The molecule has 0 fully saturated rings. The Hall–Kier alpha value is -3.45. The summed E-state index contributed by atoms with van der Waals surface area (Å²) in [5.41, 5.74) is 5.60. The molecule has 0 aliphatic carbocycles. The van der Waals surface area contributed by atoms with Crippen LogP contribution in [0, 0.1) is 13.8 Å². The van der Waals surface area contributed by atoms with Crippen molar-refractivity contribution in [2.24, 2.45) is 5.10 Å². The molecule has 0 saturated heterocycles. The van der Waals surface area contributed by atoms with E-state index in [1.165, 1.54) is 6.21 Å². The normalized spacial score (nSPS) is 10.7. The van der Waals surface area contributed by atoms with Gasteiger partial charge in [-0.1, -0.05) is 36.4 Å². The van der Waals surface area contributed by atoms with Crippen LogP contribution < -0.4 is 14.9 Å². The van der Waals surface area contributed by atoms with Crippen LogP contribution in [0.1, 0.15) is 27.0 Å². The topological polar surface area (TPSA) is 77.0 Å². The number of carbonyl (C=O) groups excluding carboxylic acids is 2. The second-order valence-corrected chi connectivity index (χ2v) is 7.58. The molecule has 0 saturated carbocycles. The average Bonchev–Trinajstić information content (AvgIpc) is 2.75. The van der Waals surface area contributed by atoms with Crippen LogP contribution in [0.25, 0.3) is 0 Å². The lowest BCUT2D eigenvalue weighted by Gasteiger charge is -2.09. The predicted octanol–water partition coefficient (Wildman–Crippen LogP) is 4.81. The number of aryl methyl sites for hydroxylation is 1. The fourth-order valence-corrected chi connectivity index (χ4v) is 3.13. The van der Waals surface area contributed by atoms with Gasteiger partial charge in [-0.25, -0.2) is 10.2 Å². The van der Waals surface area contributed by atoms with Crippen LogP contribution in [-0.4, -0.2) is 24.7 Å². The van der Waals surface area contributed by atoms with Crippen molar-refractivity contribution in [3.05, 3.63) is 93.5 Å². The summed E-state index contributed by atoms with van der Waals surface area (Å²) in [5.74, 6) is 0.181. The predicted molar refractivity (Wildman–Crippen MR) is 123 cm³/mol. The number of rotatable bonds is 7. The van der Waals surface area contributed by atoms with E-state index in [0.717, 1.165) is 11.1 Å². The maximum Gasteiger partial charge on any atom is 0.344 e. The summed E-state index contributed by atoms with van der Waals surface area (Å²) in [4.78, 5) is 24.3. The monoisotopic (exact) mass is 480 g/mol. The fourth-order valence-electron chi connectivity index (χ4n) is 2.68. The molecule has 0 bridgehead atoms. The number of hydrogen-bond acceptors (Lipinski definition) is 5. The van der Waals surface area contributed by atoms with Crippen molar-refractivity contribution >= 4 is 34.0 Å². The summed E-state index contributed by atoms with van der Waals surface area (Å²) in [6.45, 7) is 3.78. The molecule has 3 aromatic carbocycles. The third-order valence-corrected chi connectivity index (χ3v) is 5.17. The molecule has 0 aromatic heterocycles. The van der Waals surface area contributed by atoms with Crippen LogP contribution in [0.3, 0.4) is 0 Å². The van der Waals surface area contributed by atoms with Gasteiger partial charge in [0.15, 0.2) is 6.61 Å². The molecule has 7 heteroatoms. The van der Waals surface area contributed by atoms with Crippen molar-refractivity contribution in [1.29, 1.82) is 0 Å². The first-order valence-electron chi connectivity index (χ1n) is 9.52. The minimum atomic E-state index is -0.474. The summed E-state index contributed by atoms with van der Waals surface area (Å²) >= 11 is 3.33. The molecule has 0 radical (unpaired) electrons. The second-order valence-electron chi connectivity index (χ2n) is 6.72. The Kier molecular flexibility index (Phi) is 7.56. The number of nitrogens with one attached hydrogen (secondary N) is 1. The molecule has 1 N–H and O–H groups in total. The summed E-state index contributed by atoms with van der Waals surface area (Å²) in [6.07, 6.45) is 1.46. The third-order valence-electron chi connectivity index (χ3n) is 4.48. The smallest absolute Gasteiger partial charge is 0.344 e. The van der Waals surface area contributed by atoms with E-state index in [4.69, 9.17) is 9.47 Å². The molecule has 0 unspecified atom stereocenters. The largest absolute Gasteiger partial charge is 0.483 e. The highest BCUT2D eigenvalue weighted by Crippen LogP contribution is 2.21. The van der Waals surface area contributed by atoms with Crippen LogP contribution in [0.4, 0.5) is 0 Å². The summed E-state index contributed by atoms with van der Waals surface area (Å²) in [7, 11) is 0. The maximum atomic E-state index is 12.3. The van der Waals surface area contributed by atoms with E-state index in [0.29, 0.717) is 27.1 Å². The van der Waals surface area contributed by atoms with Crippen molar-refractivity contribution < 1.29 is 19.1 Å². The lowest BCUT2D eigenvalue weighted by molar-refractivity contribution is -0.123. The van der Waals surface area contributed by atoms with E-state index in [1.807, 2.05) is 38.1 Å². The van der Waals surface area contributed by atoms with Gasteiger partial charge in [-0.05, 0) is 76.8 Å². The molecule has 3 aromatic rings. The standard InChI is InChI=1S/C24H21BrN2O4/c1-16-7-5-12-22(17(16)2)30-15-23(28)27-26-14-18-8-6-9-19(13-18)31-24(29)20-10-3-4-11-21(20)25/h3-14H,15H2,1-2H3,(H,27,28). The first-order valence-corrected chi connectivity index (χ1v) is 10.3. The molecule has 0 aliphatic heterocycles. The minimum Gasteiger partial charge on any atom is -0.483 e. The lowest BCUT2D eigenvalue weighted by Crippen LogP contribution is -2.24. The van der Waals surface area contributed by atoms with Gasteiger partial charge in [-0.2, -0.15) is 5.10 Å². The Bertz CT molecular complexity index is 1130. The number of ether oxygens (including phenoxy) is 2. The summed E-state index contributed by atoms with van der Waals surface area (Å²) in [6, 6.07) is 19.5. The van der Waals surface area contributed by atoms with Gasteiger partial charge in [0.25, 0.3) is 5.91 Å². The molecule has 6 nitrogen and oxygen atoms in total. The van der Waals surface area contributed by atoms with Crippen LogP contribution in [-0.2, 0) is 4.79 Å². The van der Waals surface area contributed by atoms with E-state index in [9.17, 15) is 9.59 Å². The van der Waals surface area contributed by atoms with Crippen molar-refractivity contribution in [3.63, 3.8) is 0 Å². The minimum absolute atomic E-state index is 0.148. The van der Waals surface area contributed by atoms with Gasteiger partial charge in [0.2, 0.25) is 0 Å². The molecule has 158 valence electrons. The number of halogens is 1. The molecule has 1 amide bonds. The number of hydrogen-bond donors (Lipinski definition) is 1. The third kappa shape index (κ3) is 6.26. The zero-order valence-electron chi connectivity index (χ0n) is 17.1. The van der Waals surface area contributed by atoms with Gasteiger partial charge < -0.3 is 9.47 Å². The van der Waals surface area contributed by atoms with Crippen LogP contribution >= 0.6 is 15.9 Å². The number of carbonyl (C=O) groups is 2. The zero-order valence-corrected chi connectivity index (χ0v) is 18.7. The fraction of sp³-hybridized carbons (Fsp3) is 0.125. The maximum absolute atomic E-state index is 12.3. The van der Waals surface area contributed by atoms with Crippen LogP contribution in [0.2, 0.25) is 0 Å². The van der Waals surface area contributed by atoms with Gasteiger partial charge >= 0.3 is 5.97 Å². The lowest BCUT2D eigenvalue weighted by atomic mass is 10.1. The molecular weight excluding hydrogens is 460 g/mol. The van der Waals surface area contributed by atoms with E-state index >= 15 is 0 Å². The first-order chi connectivity index (χ1) is 14.9. The van der Waals surface area contributed by atoms with Gasteiger partial charge in [-0.3, -0.25) is 4.79 Å². The van der Waals surface area contributed by atoms with Gasteiger partial charge in [0.1, 0.15) is 11.5 Å². The molecule has 0 spiro atoms. The van der Waals surface area contributed by atoms with Crippen molar-refractivity contribution in [2.75, 3.05) is 6.61 Å². The Morgan fingerprint density at radius 2 is 1.81 bits per heavy atom. The SMILES string of the molecule is Cc1cccc(OCC(=O)NN=Cc2cccc(OC(=O)c3ccccc3Br)c2)c1C. The Morgan fingerprint density at radius 3 is 2.61 bits per heavy atom. The molecular formula is C24H21BrN2O4. The molecule has 31 heavy (non-hydrogen) atoms. The molecule has 0 atom stereocenters. The Labute approximate surface area is 189 Å². The molecule has 3 rings (SSSR count).